The molecule has 7 nitrogen and oxygen atoms in total. The van der Waals surface area contributed by atoms with E-state index in [-0.39, 0.29) is 4.84 Å². The van der Waals surface area contributed by atoms with Crippen molar-refractivity contribution in [3.8, 4) is 28.6 Å². The summed E-state index contributed by atoms with van der Waals surface area (Å²) in [5, 5.41) is 6.69. The van der Waals surface area contributed by atoms with E-state index in [2.05, 4.69) is 25.1 Å². The van der Waals surface area contributed by atoms with Crippen LogP contribution in [0, 0.1) is 4.84 Å². The van der Waals surface area contributed by atoms with Crippen LogP contribution < -0.4 is 4.74 Å². The number of hydrogen-bond acceptors (Lipinski definition) is 6. The standard InChI is InChI=1S/C21H15N5O2S/c29-21-26-25-20(28-21)15-5-8-17-18(10-15)24-19(23-17)14-3-6-16(7-4-14)27-12-13-2-1-9-22-11-13/h1-11H,12H2,(H,23,24)(H,26,29). The van der Waals surface area contributed by atoms with Crippen LogP contribution in [-0.2, 0) is 6.61 Å². The fourth-order valence-electron chi connectivity index (χ4n) is 2.99. The van der Waals surface area contributed by atoms with Gasteiger partial charge in [0.15, 0.2) is 0 Å². The van der Waals surface area contributed by atoms with Gasteiger partial charge in [0.2, 0.25) is 5.89 Å². The summed E-state index contributed by atoms with van der Waals surface area (Å²) in [7, 11) is 0. The zero-order valence-electron chi connectivity index (χ0n) is 15.1. The minimum atomic E-state index is 0.247. The van der Waals surface area contributed by atoms with Crippen LogP contribution in [0.25, 0.3) is 33.9 Å². The molecule has 3 aromatic heterocycles. The van der Waals surface area contributed by atoms with Crippen molar-refractivity contribution < 1.29 is 9.15 Å². The number of ether oxygens (including phenoxy) is 1. The molecule has 3 heterocycles. The number of H-pyrrole nitrogens is 2. The minimum absolute atomic E-state index is 0.247. The average Bonchev–Trinajstić information content (AvgIpc) is 3.39. The highest BCUT2D eigenvalue weighted by atomic mass is 32.1. The Bertz CT molecular complexity index is 1320. The first-order valence-electron chi connectivity index (χ1n) is 8.92. The normalized spacial score (nSPS) is 11.0. The largest absolute Gasteiger partial charge is 0.489 e. The number of rotatable bonds is 5. The van der Waals surface area contributed by atoms with E-state index in [0.717, 1.165) is 39.3 Å². The molecule has 0 atom stereocenters. The highest BCUT2D eigenvalue weighted by Crippen LogP contribution is 2.26. The summed E-state index contributed by atoms with van der Waals surface area (Å²) in [6.45, 7) is 0.477. The van der Waals surface area contributed by atoms with Gasteiger partial charge in [-0.15, -0.1) is 5.10 Å². The molecule has 0 fully saturated rings. The van der Waals surface area contributed by atoms with Crippen LogP contribution in [0.3, 0.4) is 0 Å². The topological polar surface area (TPSA) is 92.6 Å². The van der Waals surface area contributed by atoms with E-state index in [1.54, 1.807) is 12.4 Å². The van der Waals surface area contributed by atoms with Gasteiger partial charge in [-0.3, -0.25) is 4.98 Å². The molecule has 0 aliphatic carbocycles. The van der Waals surface area contributed by atoms with Crippen molar-refractivity contribution in [2.45, 2.75) is 6.61 Å². The number of fused-ring (bicyclic) bond motifs is 1. The molecule has 29 heavy (non-hydrogen) atoms. The molecule has 0 radical (unpaired) electrons. The first kappa shape index (κ1) is 17.3. The Labute approximate surface area is 170 Å². The second-order valence-corrected chi connectivity index (χ2v) is 6.78. The van der Waals surface area contributed by atoms with Gasteiger partial charge in [-0.2, -0.15) is 0 Å². The number of imidazole rings is 1. The third-order valence-electron chi connectivity index (χ3n) is 4.42. The zero-order valence-corrected chi connectivity index (χ0v) is 15.9. The lowest BCUT2D eigenvalue weighted by Gasteiger charge is -2.06. The van der Waals surface area contributed by atoms with Gasteiger partial charge in [0.1, 0.15) is 18.2 Å². The second-order valence-electron chi connectivity index (χ2n) is 6.41. The third-order valence-corrected chi connectivity index (χ3v) is 4.60. The van der Waals surface area contributed by atoms with E-state index >= 15 is 0 Å². The number of hydrogen-bond donors (Lipinski definition) is 2. The fraction of sp³-hybridized carbons (Fsp3) is 0.0476. The van der Waals surface area contributed by atoms with Crippen LogP contribution in [0.2, 0.25) is 0 Å². The average molecular weight is 401 g/mol. The van der Waals surface area contributed by atoms with Gasteiger partial charge in [-0.25, -0.2) is 10.1 Å². The highest BCUT2D eigenvalue weighted by Gasteiger charge is 2.10. The van der Waals surface area contributed by atoms with Crippen molar-refractivity contribution in [1.82, 2.24) is 25.1 Å². The summed E-state index contributed by atoms with van der Waals surface area (Å²) in [4.78, 5) is 12.3. The van der Waals surface area contributed by atoms with Gasteiger partial charge in [-0.1, -0.05) is 6.07 Å². The molecule has 0 amide bonds. The molecule has 2 aromatic carbocycles. The summed E-state index contributed by atoms with van der Waals surface area (Å²) in [6, 6.07) is 17.4. The Morgan fingerprint density at radius 3 is 2.66 bits per heavy atom. The van der Waals surface area contributed by atoms with Crippen LogP contribution in [0.15, 0.2) is 71.4 Å². The van der Waals surface area contributed by atoms with E-state index in [0.29, 0.717) is 12.5 Å². The number of nitrogens with zero attached hydrogens (tertiary/aromatic N) is 3. The highest BCUT2D eigenvalue weighted by molar-refractivity contribution is 7.71. The lowest BCUT2D eigenvalue weighted by molar-refractivity contribution is 0.306. The molecule has 0 spiro atoms. The van der Waals surface area contributed by atoms with Crippen molar-refractivity contribution in [3.05, 3.63) is 77.4 Å². The molecule has 0 saturated heterocycles. The summed E-state index contributed by atoms with van der Waals surface area (Å²) < 4.78 is 11.2. The van der Waals surface area contributed by atoms with E-state index in [4.69, 9.17) is 21.4 Å². The molecular weight excluding hydrogens is 386 g/mol. The molecule has 0 aliphatic heterocycles. The monoisotopic (exact) mass is 401 g/mol. The second kappa shape index (κ2) is 7.33. The van der Waals surface area contributed by atoms with Gasteiger partial charge in [-0.05, 0) is 60.7 Å². The van der Waals surface area contributed by atoms with Crippen LogP contribution in [0.4, 0.5) is 0 Å². The van der Waals surface area contributed by atoms with Gasteiger partial charge in [0, 0.05) is 29.1 Å². The first-order chi connectivity index (χ1) is 14.2. The van der Waals surface area contributed by atoms with Gasteiger partial charge in [0.05, 0.1) is 11.0 Å². The third kappa shape index (κ3) is 3.65. The SMILES string of the molecule is S=c1[nH]nc(-c2ccc3nc(-c4ccc(OCc5cccnc5)cc4)[nH]c3c2)o1. The summed E-state index contributed by atoms with van der Waals surface area (Å²) in [5.41, 5.74) is 4.55. The molecule has 5 rings (SSSR count). The maximum atomic E-state index is 5.81. The Hall–Kier alpha value is -3.78. The first-order valence-corrected chi connectivity index (χ1v) is 9.33. The quantitative estimate of drug-likeness (QED) is 0.406. The van der Waals surface area contributed by atoms with Crippen LogP contribution >= 0.6 is 12.2 Å². The minimum Gasteiger partial charge on any atom is -0.489 e. The summed E-state index contributed by atoms with van der Waals surface area (Å²) in [5.74, 6) is 2.01. The maximum Gasteiger partial charge on any atom is 0.284 e. The van der Waals surface area contributed by atoms with Crippen LogP contribution in [0.5, 0.6) is 5.75 Å². The maximum absolute atomic E-state index is 5.81. The Morgan fingerprint density at radius 2 is 1.90 bits per heavy atom. The van der Waals surface area contributed by atoms with Crippen LogP contribution in [0.1, 0.15) is 5.56 Å². The van der Waals surface area contributed by atoms with Crippen molar-refractivity contribution in [2.24, 2.45) is 0 Å². The number of aromatic nitrogens is 5. The molecule has 0 unspecified atom stereocenters. The molecule has 0 saturated carbocycles. The lowest BCUT2D eigenvalue weighted by Crippen LogP contribution is -1.95. The molecule has 5 aromatic rings. The predicted octanol–water partition coefficient (Wildman–Crippen LogP) is 4.92. The Kier molecular flexibility index (Phi) is 4.38. The van der Waals surface area contributed by atoms with E-state index in [1.165, 1.54) is 0 Å². The molecule has 8 heteroatoms. The molecule has 0 aliphatic rings. The molecule has 2 N–H and O–H groups in total. The van der Waals surface area contributed by atoms with Crippen molar-refractivity contribution in [1.29, 1.82) is 0 Å². The van der Waals surface area contributed by atoms with Crippen molar-refractivity contribution in [2.75, 3.05) is 0 Å². The number of aromatic amines is 2. The van der Waals surface area contributed by atoms with E-state index in [1.807, 2.05) is 54.6 Å². The summed E-state index contributed by atoms with van der Waals surface area (Å²) >= 11 is 4.94. The Balaban J connectivity index is 1.36. The molecule has 0 bridgehead atoms. The van der Waals surface area contributed by atoms with Gasteiger partial charge < -0.3 is 14.1 Å². The zero-order chi connectivity index (χ0) is 19.6. The Morgan fingerprint density at radius 1 is 1.03 bits per heavy atom. The van der Waals surface area contributed by atoms with E-state index in [9.17, 15) is 0 Å². The number of benzene rings is 2. The van der Waals surface area contributed by atoms with Gasteiger partial charge in [0.25, 0.3) is 4.84 Å². The summed E-state index contributed by atoms with van der Waals surface area (Å²) in [6.07, 6.45) is 3.54. The van der Waals surface area contributed by atoms with Crippen molar-refractivity contribution in [3.63, 3.8) is 0 Å². The van der Waals surface area contributed by atoms with Crippen LogP contribution in [-0.4, -0.2) is 25.1 Å². The number of pyridine rings is 1. The van der Waals surface area contributed by atoms with Crippen molar-refractivity contribution >= 4 is 23.3 Å². The molecular formula is C21H15N5O2S. The lowest BCUT2D eigenvalue weighted by atomic mass is 10.2. The van der Waals surface area contributed by atoms with Gasteiger partial charge >= 0.3 is 0 Å². The smallest absolute Gasteiger partial charge is 0.284 e. The molecule has 142 valence electrons. The number of nitrogens with one attached hydrogen (secondary N) is 2. The predicted molar refractivity (Wildman–Crippen MR) is 111 cm³/mol. The van der Waals surface area contributed by atoms with E-state index < -0.39 is 0 Å². The fourth-order valence-corrected chi connectivity index (χ4v) is 3.12.